The van der Waals surface area contributed by atoms with E-state index in [-0.39, 0.29) is 11.2 Å². The topological polar surface area (TPSA) is 82.8 Å². The Labute approximate surface area is 121 Å². The van der Waals surface area contributed by atoms with Crippen molar-refractivity contribution in [3.63, 3.8) is 0 Å². The Balaban J connectivity index is 2.17. The number of carbonyl (C=O) groups excluding carboxylic acids is 1. The molecule has 1 saturated heterocycles. The first-order valence-electron chi connectivity index (χ1n) is 6.61. The normalized spacial score (nSPS) is 19.5. The molecule has 1 unspecified atom stereocenters. The van der Waals surface area contributed by atoms with E-state index in [4.69, 9.17) is 4.74 Å². The Morgan fingerprint density at radius 2 is 2.10 bits per heavy atom. The summed E-state index contributed by atoms with van der Waals surface area (Å²) in [6, 6.07) is 1.43. The van der Waals surface area contributed by atoms with E-state index in [9.17, 15) is 14.4 Å². The van der Waals surface area contributed by atoms with Crippen molar-refractivity contribution in [1.82, 2.24) is 14.0 Å². The third kappa shape index (κ3) is 3.22. The van der Waals surface area contributed by atoms with E-state index in [2.05, 4.69) is 4.74 Å². The molecule has 8 heteroatoms. The Bertz CT molecular complexity index is 648. The molecule has 21 heavy (non-hydrogen) atoms. The number of methoxy groups -OCH3 is 1. The number of esters is 1. The van der Waals surface area contributed by atoms with Crippen LogP contribution in [0.15, 0.2) is 15.7 Å². The van der Waals surface area contributed by atoms with Gasteiger partial charge in [-0.05, 0) is 0 Å². The molecule has 0 amide bonds. The number of morpholine rings is 1. The molecular formula is C13H19N3O5. The SMILES string of the molecule is COC(=O)C1CN(Cc2cc(=O)n(C)c(=O)n2C)CCO1. The second-order valence-electron chi connectivity index (χ2n) is 4.99. The third-order valence-electron chi connectivity index (χ3n) is 3.63. The van der Waals surface area contributed by atoms with Crippen LogP contribution in [0.25, 0.3) is 0 Å². The van der Waals surface area contributed by atoms with Crippen molar-refractivity contribution in [2.45, 2.75) is 12.6 Å². The first kappa shape index (κ1) is 15.5. The summed E-state index contributed by atoms with van der Waals surface area (Å²) in [4.78, 5) is 37.0. The number of hydrogen-bond acceptors (Lipinski definition) is 6. The lowest BCUT2D eigenvalue weighted by Crippen LogP contribution is -2.47. The molecule has 1 aliphatic rings. The number of carbonyl (C=O) groups is 1. The summed E-state index contributed by atoms with van der Waals surface area (Å²) < 4.78 is 12.5. The monoisotopic (exact) mass is 297 g/mol. The van der Waals surface area contributed by atoms with Crippen molar-refractivity contribution in [1.29, 1.82) is 0 Å². The van der Waals surface area contributed by atoms with Crippen LogP contribution in [0.4, 0.5) is 0 Å². The molecule has 1 atom stereocenters. The van der Waals surface area contributed by atoms with E-state index in [1.807, 2.05) is 4.90 Å². The van der Waals surface area contributed by atoms with E-state index >= 15 is 0 Å². The minimum Gasteiger partial charge on any atom is -0.467 e. The van der Waals surface area contributed by atoms with Gasteiger partial charge in [0.1, 0.15) is 0 Å². The van der Waals surface area contributed by atoms with Crippen molar-refractivity contribution < 1.29 is 14.3 Å². The first-order valence-corrected chi connectivity index (χ1v) is 6.61. The molecule has 116 valence electrons. The number of rotatable bonds is 3. The maximum atomic E-state index is 11.9. The predicted molar refractivity (Wildman–Crippen MR) is 74.0 cm³/mol. The molecule has 8 nitrogen and oxygen atoms in total. The molecule has 1 fully saturated rings. The Hall–Kier alpha value is -1.93. The van der Waals surface area contributed by atoms with Crippen LogP contribution in [-0.4, -0.2) is 52.9 Å². The maximum absolute atomic E-state index is 11.9. The highest BCUT2D eigenvalue weighted by Crippen LogP contribution is 2.09. The zero-order valence-electron chi connectivity index (χ0n) is 12.4. The van der Waals surface area contributed by atoms with Crippen LogP contribution in [0, 0.1) is 0 Å². The number of nitrogens with zero attached hydrogens (tertiary/aromatic N) is 3. The van der Waals surface area contributed by atoms with Gasteiger partial charge in [0, 0.05) is 45.5 Å². The highest BCUT2D eigenvalue weighted by atomic mass is 16.6. The molecule has 1 aliphatic heterocycles. The van der Waals surface area contributed by atoms with Crippen molar-refractivity contribution in [3.8, 4) is 0 Å². The van der Waals surface area contributed by atoms with Gasteiger partial charge in [0.05, 0.1) is 13.7 Å². The van der Waals surface area contributed by atoms with Gasteiger partial charge < -0.3 is 9.47 Å². The van der Waals surface area contributed by atoms with Gasteiger partial charge in [-0.1, -0.05) is 0 Å². The lowest BCUT2D eigenvalue weighted by molar-refractivity contribution is -0.160. The molecule has 2 heterocycles. The van der Waals surface area contributed by atoms with E-state index in [0.717, 1.165) is 4.57 Å². The van der Waals surface area contributed by atoms with Gasteiger partial charge >= 0.3 is 11.7 Å². The largest absolute Gasteiger partial charge is 0.467 e. The molecular weight excluding hydrogens is 278 g/mol. The zero-order valence-corrected chi connectivity index (χ0v) is 12.4. The van der Waals surface area contributed by atoms with Crippen LogP contribution in [0.5, 0.6) is 0 Å². The summed E-state index contributed by atoms with van der Waals surface area (Å²) in [6.07, 6.45) is -0.632. The summed E-state index contributed by atoms with van der Waals surface area (Å²) in [5.41, 5.74) is -0.102. The molecule has 0 N–H and O–H groups in total. The highest BCUT2D eigenvalue weighted by molar-refractivity contribution is 5.74. The van der Waals surface area contributed by atoms with Gasteiger partial charge in [0.2, 0.25) is 0 Å². The van der Waals surface area contributed by atoms with E-state index in [1.165, 1.54) is 24.8 Å². The van der Waals surface area contributed by atoms with E-state index < -0.39 is 12.1 Å². The first-order chi connectivity index (χ1) is 9.93. The van der Waals surface area contributed by atoms with Gasteiger partial charge in [-0.2, -0.15) is 0 Å². The Kier molecular flexibility index (Phi) is 4.59. The lowest BCUT2D eigenvalue weighted by atomic mass is 10.2. The smallest absolute Gasteiger partial charge is 0.336 e. The van der Waals surface area contributed by atoms with Crippen LogP contribution in [0.3, 0.4) is 0 Å². The molecule has 0 bridgehead atoms. The standard InChI is InChI=1S/C13H19N3O5/c1-14-9(6-11(17)15(2)13(14)19)7-16-4-5-21-10(8-16)12(18)20-3/h6,10H,4-5,7-8H2,1-3H3. The maximum Gasteiger partial charge on any atom is 0.336 e. The average molecular weight is 297 g/mol. The fraction of sp³-hybridized carbons (Fsp3) is 0.615. The highest BCUT2D eigenvalue weighted by Gasteiger charge is 2.27. The van der Waals surface area contributed by atoms with E-state index in [0.29, 0.717) is 31.9 Å². The second-order valence-corrected chi connectivity index (χ2v) is 4.99. The zero-order chi connectivity index (χ0) is 15.6. The number of ether oxygens (including phenoxy) is 2. The molecule has 0 saturated carbocycles. The van der Waals surface area contributed by atoms with Crippen LogP contribution in [0.1, 0.15) is 5.69 Å². The summed E-state index contributed by atoms with van der Waals surface area (Å²) in [7, 11) is 4.38. The third-order valence-corrected chi connectivity index (χ3v) is 3.63. The fourth-order valence-electron chi connectivity index (χ4n) is 2.28. The quantitative estimate of drug-likeness (QED) is 0.629. The number of aromatic nitrogens is 2. The Morgan fingerprint density at radius 3 is 2.76 bits per heavy atom. The lowest BCUT2D eigenvalue weighted by Gasteiger charge is -2.31. The van der Waals surface area contributed by atoms with Gasteiger partial charge in [0.15, 0.2) is 6.10 Å². The predicted octanol–water partition coefficient (Wildman–Crippen LogP) is -1.54. The van der Waals surface area contributed by atoms with Crippen LogP contribution in [-0.2, 0) is 34.9 Å². The van der Waals surface area contributed by atoms with Gasteiger partial charge in [-0.25, -0.2) is 9.59 Å². The summed E-state index contributed by atoms with van der Waals surface area (Å²) in [5, 5.41) is 0. The van der Waals surface area contributed by atoms with Crippen LogP contribution in [0.2, 0.25) is 0 Å². The van der Waals surface area contributed by atoms with E-state index in [1.54, 1.807) is 7.05 Å². The molecule has 0 aromatic carbocycles. The molecule has 0 radical (unpaired) electrons. The summed E-state index contributed by atoms with van der Waals surface area (Å²) in [6.45, 7) is 1.80. The molecule has 1 aromatic rings. The van der Waals surface area contributed by atoms with Crippen molar-refractivity contribution in [2.75, 3.05) is 26.8 Å². The minimum atomic E-state index is -0.632. The van der Waals surface area contributed by atoms with Gasteiger partial charge in [-0.3, -0.25) is 18.8 Å². The molecule has 0 aliphatic carbocycles. The molecule has 0 spiro atoms. The van der Waals surface area contributed by atoms with Crippen molar-refractivity contribution in [2.24, 2.45) is 14.1 Å². The van der Waals surface area contributed by atoms with Gasteiger partial charge in [0.25, 0.3) is 5.56 Å². The van der Waals surface area contributed by atoms with Crippen molar-refractivity contribution in [3.05, 3.63) is 32.6 Å². The Morgan fingerprint density at radius 1 is 1.38 bits per heavy atom. The second kappa shape index (κ2) is 6.23. The minimum absolute atomic E-state index is 0.342. The summed E-state index contributed by atoms with van der Waals surface area (Å²) >= 11 is 0. The van der Waals surface area contributed by atoms with Crippen LogP contribution >= 0.6 is 0 Å². The summed E-state index contributed by atoms with van der Waals surface area (Å²) in [5.74, 6) is -0.419. The van der Waals surface area contributed by atoms with Crippen LogP contribution < -0.4 is 11.2 Å². The molecule has 2 rings (SSSR count). The molecule has 1 aromatic heterocycles. The van der Waals surface area contributed by atoms with Gasteiger partial charge in [-0.15, -0.1) is 0 Å². The average Bonchev–Trinajstić information content (AvgIpc) is 2.50. The van der Waals surface area contributed by atoms with Crippen molar-refractivity contribution >= 4 is 5.97 Å². The number of hydrogen-bond donors (Lipinski definition) is 0. The fourth-order valence-corrected chi connectivity index (χ4v) is 2.28.